The van der Waals surface area contributed by atoms with E-state index in [1.807, 2.05) is 6.92 Å². The van der Waals surface area contributed by atoms with Crippen molar-refractivity contribution in [1.82, 2.24) is 4.57 Å². The van der Waals surface area contributed by atoms with E-state index in [0.717, 1.165) is 12.1 Å². The van der Waals surface area contributed by atoms with Gasteiger partial charge in [0.05, 0.1) is 32.3 Å². The van der Waals surface area contributed by atoms with E-state index in [4.69, 9.17) is 19.9 Å². The largest absolute Gasteiger partial charge is 0.497 e. The Hall–Kier alpha value is -3.26. The van der Waals surface area contributed by atoms with Gasteiger partial charge in [-0.15, -0.1) is 0 Å². The number of ether oxygens (including phenoxy) is 3. The Kier molecular flexibility index (Phi) is 6.47. The predicted molar refractivity (Wildman–Crippen MR) is 110 cm³/mol. The first-order valence-electron chi connectivity index (χ1n) is 9.73. The van der Waals surface area contributed by atoms with E-state index < -0.39 is 11.9 Å². The number of carbonyl (C=O) groups is 1. The Morgan fingerprint density at radius 3 is 2.53 bits per heavy atom. The molecular weight excluding hydrogens is 388 g/mol. The lowest BCUT2D eigenvalue weighted by molar-refractivity contribution is -0.136. The minimum atomic E-state index is -0.778. The summed E-state index contributed by atoms with van der Waals surface area (Å²) in [6.07, 6.45) is 1.44. The van der Waals surface area contributed by atoms with Crippen LogP contribution in [0.25, 0.3) is 0 Å². The standard InChI is InChI=1S/C22H26N2O6/c1-4-5-14-12-16-18(21(26)24(14)10-11-25)17(13-6-8-15(28-2)9-7-13)19(20(23)30-16)22(27)29-3/h6-9,12,17,25H,4-5,10-11,23H2,1-3H3. The molecule has 0 amide bonds. The first kappa shape index (κ1) is 21.4. The number of benzene rings is 1. The molecule has 0 spiro atoms. The van der Waals surface area contributed by atoms with Crippen molar-refractivity contribution in [1.29, 1.82) is 0 Å². The Bertz CT molecular complexity index is 1020. The minimum absolute atomic E-state index is 0.0612. The maximum Gasteiger partial charge on any atom is 0.340 e. The normalized spacial score (nSPS) is 15.4. The Balaban J connectivity index is 2.30. The molecule has 1 aliphatic heterocycles. The molecule has 1 aromatic heterocycles. The topological polar surface area (TPSA) is 113 Å². The van der Waals surface area contributed by atoms with Crippen LogP contribution < -0.4 is 20.8 Å². The van der Waals surface area contributed by atoms with Gasteiger partial charge >= 0.3 is 5.97 Å². The Labute approximate surface area is 174 Å². The van der Waals surface area contributed by atoms with Gasteiger partial charge in [-0.05, 0) is 24.1 Å². The summed E-state index contributed by atoms with van der Waals surface area (Å²) in [7, 11) is 2.80. The van der Waals surface area contributed by atoms with Gasteiger partial charge in [0.1, 0.15) is 17.1 Å². The minimum Gasteiger partial charge on any atom is -0.497 e. The van der Waals surface area contributed by atoms with Crippen LogP contribution in [0.2, 0.25) is 0 Å². The van der Waals surface area contributed by atoms with Crippen LogP contribution in [0.15, 0.2) is 46.6 Å². The van der Waals surface area contributed by atoms with Gasteiger partial charge in [-0.2, -0.15) is 0 Å². The summed E-state index contributed by atoms with van der Waals surface area (Å²) in [5.74, 6) is -0.607. The first-order chi connectivity index (χ1) is 14.5. The first-order valence-corrected chi connectivity index (χ1v) is 9.73. The highest BCUT2D eigenvalue weighted by molar-refractivity contribution is 5.92. The molecule has 2 aromatic rings. The smallest absolute Gasteiger partial charge is 0.340 e. The molecule has 1 aromatic carbocycles. The number of aliphatic hydroxyl groups is 1. The number of pyridine rings is 1. The third-order valence-corrected chi connectivity index (χ3v) is 5.13. The fourth-order valence-electron chi connectivity index (χ4n) is 3.76. The van der Waals surface area contributed by atoms with Crippen molar-refractivity contribution in [3.63, 3.8) is 0 Å². The highest BCUT2D eigenvalue weighted by Crippen LogP contribution is 2.41. The van der Waals surface area contributed by atoms with Crippen LogP contribution in [0, 0.1) is 0 Å². The molecule has 8 nitrogen and oxygen atoms in total. The third-order valence-electron chi connectivity index (χ3n) is 5.13. The van der Waals surface area contributed by atoms with Crippen LogP contribution in [0.3, 0.4) is 0 Å². The second kappa shape index (κ2) is 9.04. The van der Waals surface area contributed by atoms with Crippen molar-refractivity contribution in [3.8, 4) is 11.5 Å². The lowest BCUT2D eigenvalue weighted by Crippen LogP contribution is -2.36. The molecule has 1 aliphatic rings. The zero-order valence-electron chi connectivity index (χ0n) is 17.3. The number of carbonyl (C=O) groups excluding carboxylic acids is 1. The van der Waals surface area contributed by atoms with E-state index in [1.165, 1.54) is 11.7 Å². The molecule has 0 radical (unpaired) electrons. The summed E-state index contributed by atoms with van der Waals surface area (Å²) >= 11 is 0. The summed E-state index contributed by atoms with van der Waals surface area (Å²) in [6.45, 7) is 1.95. The molecule has 2 heterocycles. The maximum atomic E-state index is 13.5. The van der Waals surface area contributed by atoms with Gasteiger partial charge in [0.15, 0.2) is 0 Å². The molecular formula is C22H26N2O6. The molecule has 0 fully saturated rings. The van der Waals surface area contributed by atoms with Crippen LogP contribution in [0.1, 0.15) is 36.1 Å². The average molecular weight is 414 g/mol. The number of fused-ring (bicyclic) bond motifs is 1. The van der Waals surface area contributed by atoms with Gasteiger partial charge < -0.3 is 29.6 Å². The van der Waals surface area contributed by atoms with E-state index in [2.05, 4.69) is 0 Å². The highest BCUT2D eigenvalue weighted by atomic mass is 16.5. The Morgan fingerprint density at radius 1 is 1.27 bits per heavy atom. The molecule has 160 valence electrons. The molecule has 3 rings (SSSR count). The zero-order chi connectivity index (χ0) is 21.8. The highest BCUT2D eigenvalue weighted by Gasteiger charge is 2.38. The molecule has 0 saturated carbocycles. The van der Waals surface area contributed by atoms with Gasteiger partial charge in [-0.3, -0.25) is 4.79 Å². The summed E-state index contributed by atoms with van der Waals surface area (Å²) in [5, 5.41) is 9.49. The molecule has 0 saturated heterocycles. The predicted octanol–water partition coefficient (Wildman–Crippen LogP) is 1.67. The number of nitrogens with two attached hydrogens (primary N) is 1. The number of nitrogens with zero attached hydrogens (tertiary/aromatic N) is 1. The lowest BCUT2D eigenvalue weighted by atomic mass is 9.83. The molecule has 30 heavy (non-hydrogen) atoms. The number of hydrogen-bond donors (Lipinski definition) is 2. The number of rotatable bonds is 7. The number of aromatic nitrogens is 1. The van der Waals surface area contributed by atoms with Crippen LogP contribution in [0.4, 0.5) is 0 Å². The SMILES string of the molecule is CCCc1cc2c(c(=O)n1CCO)C(c1ccc(OC)cc1)C(C(=O)OC)=C(N)O2. The van der Waals surface area contributed by atoms with Gasteiger partial charge in [-0.25, -0.2) is 4.79 Å². The third kappa shape index (κ3) is 3.78. The number of hydrogen-bond acceptors (Lipinski definition) is 7. The second-order valence-corrected chi connectivity index (χ2v) is 6.92. The molecule has 1 unspecified atom stereocenters. The maximum absolute atomic E-state index is 13.5. The van der Waals surface area contributed by atoms with Gasteiger partial charge in [0.25, 0.3) is 5.56 Å². The van der Waals surface area contributed by atoms with Crippen molar-refractivity contribution in [2.45, 2.75) is 32.2 Å². The van der Waals surface area contributed by atoms with Crippen molar-refractivity contribution in [2.75, 3.05) is 20.8 Å². The summed E-state index contributed by atoms with van der Waals surface area (Å²) in [6, 6.07) is 8.78. The van der Waals surface area contributed by atoms with Crippen LogP contribution in [-0.2, 0) is 22.5 Å². The summed E-state index contributed by atoms with van der Waals surface area (Å²) in [5.41, 5.74) is 7.52. The number of aliphatic hydroxyl groups excluding tert-OH is 1. The van der Waals surface area contributed by atoms with Crippen molar-refractivity contribution in [2.24, 2.45) is 5.73 Å². The van der Waals surface area contributed by atoms with Crippen molar-refractivity contribution in [3.05, 3.63) is 69.0 Å². The second-order valence-electron chi connectivity index (χ2n) is 6.92. The average Bonchev–Trinajstić information content (AvgIpc) is 2.75. The van der Waals surface area contributed by atoms with E-state index in [-0.39, 0.29) is 35.7 Å². The van der Waals surface area contributed by atoms with Gasteiger partial charge in [0, 0.05) is 18.3 Å². The number of esters is 1. The van der Waals surface area contributed by atoms with Crippen LogP contribution in [0.5, 0.6) is 11.5 Å². The number of methoxy groups -OCH3 is 2. The van der Waals surface area contributed by atoms with Crippen molar-refractivity contribution < 1.29 is 24.1 Å². The number of aryl methyl sites for hydroxylation is 1. The summed E-state index contributed by atoms with van der Waals surface area (Å²) < 4.78 is 17.4. The molecule has 0 aliphatic carbocycles. The Morgan fingerprint density at radius 2 is 1.97 bits per heavy atom. The molecule has 0 bridgehead atoms. The zero-order valence-corrected chi connectivity index (χ0v) is 17.3. The summed E-state index contributed by atoms with van der Waals surface area (Å²) in [4.78, 5) is 26.1. The van der Waals surface area contributed by atoms with Gasteiger partial charge in [-0.1, -0.05) is 25.5 Å². The lowest BCUT2D eigenvalue weighted by Gasteiger charge is -2.29. The molecule has 8 heteroatoms. The van der Waals surface area contributed by atoms with E-state index in [9.17, 15) is 14.7 Å². The fourth-order valence-corrected chi connectivity index (χ4v) is 3.76. The van der Waals surface area contributed by atoms with Crippen molar-refractivity contribution >= 4 is 5.97 Å². The van der Waals surface area contributed by atoms with E-state index in [0.29, 0.717) is 23.5 Å². The van der Waals surface area contributed by atoms with E-state index >= 15 is 0 Å². The van der Waals surface area contributed by atoms with E-state index in [1.54, 1.807) is 37.4 Å². The van der Waals surface area contributed by atoms with Crippen LogP contribution in [-0.4, -0.2) is 36.5 Å². The quantitative estimate of drug-likeness (QED) is 0.663. The molecule has 3 N–H and O–H groups in total. The monoisotopic (exact) mass is 414 g/mol. The molecule has 1 atom stereocenters. The fraction of sp³-hybridized carbons (Fsp3) is 0.364. The van der Waals surface area contributed by atoms with Crippen LogP contribution >= 0.6 is 0 Å². The van der Waals surface area contributed by atoms with Gasteiger partial charge in [0.2, 0.25) is 5.88 Å².